The van der Waals surface area contributed by atoms with Crippen LogP contribution in [0.4, 0.5) is 5.69 Å². The first kappa shape index (κ1) is 20.9. The average molecular weight is 391 g/mol. The van der Waals surface area contributed by atoms with Crippen LogP contribution in [-0.4, -0.2) is 45.1 Å². The molecule has 0 saturated heterocycles. The molecule has 0 bridgehead atoms. The molecular weight excluding hydrogens is 364 g/mol. The zero-order valence-electron chi connectivity index (χ0n) is 15.9. The molecule has 1 N–H and O–H groups in total. The number of sulfonamides is 1. The van der Waals surface area contributed by atoms with Crippen LogP contribution >= 0.6 is 0 Å². The highest BCUT2D eigenvalue weighted by atomic mass is 32.2. The molecule has 0 fully saturated rings. The molecular formula is C20H26N2O4S. The van der Waals surface area contributed by atoms with E-state index in [2.05, 4.69) is 12.2 Å². The highest BCUT2D eigenvalue weighted by Crippen LogP contribution is 2.14. The first-order valence-electron chi connectivity index (χ1n) is 8.78. The lowest BCUT2D eigenvalue weighted by molar-refractivity contribution is -0.116. The first-order valence-corrected chi connectivity index (χ1v) is 10.6. The maximum absolute atomic E-state index is 12.3. The number of carbonyl (C=O) groups is 1. The van der Waals surface area contributed by atoms with Crippen LogP contribution in [0, 0.1) is 0 Å². The van der Waals surface area contributed by atoms with Crippen molar-refractivity contribution in [1.82, 2.24) is 4.31 Å². The number of hydrogen-bond acceptors (Lipinski definition) is 4. The molecule has 0 spiro atoms. The van der Waals surface area contributed by atoms with Gasteiger partial charge in [0.25, 0.3) is 0 Å². The maximum atomic E-state index is 12.3. The third-order valence-electron chi connectivity index (χ3n) is 4.22. The summed E-state index contributed by atoms with van der Waals surface area (Å²) in [4.78, 5) is 12.3. The Morgan fingerprint density at radius 2 is 1.81 bits per heavy atom. The zero-order valence-corrected chi connectivity index (χ0v) is 16.8. The van der Waals surface area contributed by atoms with E-state index >= 15 is 0 Å². The van der Waals surface area contributed by atoms with E-state index in [-0.39, 0.29) is 19.0 Å². The second-order valence-corrected chi connectivity index (χ2v) is 8.28. The van der Waals surface area contributed by atoms with Crippen molar-refractivity contribution in [2.24, 2.45) is 0 Å². The average Bonchev–Trinajstić information content (AvgIpc) is 2.65. The van der Waals surface area contributed by atoms with Crippen molar-refractivity contribution < 1.29 is 17.9 Å². The van der Waals surface area contributed by atoms with Gasteiger partial charge in [0.2, 0.25) is 15.9 Å². The van der Waals surface area contributed by atoms with Crippen molar-refractivity contribution in [2.75, 3.05) is 31.8 Å². The minimum atomic E-state index is -3.51. The first-order chi connectivity index (χ1) is 12.8. The number of nitrogens with zero attached hydrogens (tertiary/aromatic N) is 1. The quantitative estimate of drug-likeness (QED) is 0.714. The van der Waals surface area contributed by atoms with Gasteiger partial charge >= 0.3 is 0 Å². The second-order valence-electron chi connectivity index (χ2n) is 6.30. The van der Waals surface area contributed by atoms with E-state index in [0.29, 0.717) is 17.9 Å². The molecule has 146 valence electrons. The fourth-order valence-electron chi connectivity index (χ4n) is 2.63. The fraction of sp³-hybridized carbons (Fsp3) is 0.350. The number of ether oxygens (including phenoxy) is 1. The lowest BCUT2D eigenvalue weighted by Crippen LogP contribution is -2.38. The molecule has 2 aromatic rings. The third-order valence-corrected chi connectivity index (χ3v) is 5.47. The van der Waals surface area contributed by atoms with Crippen LogP contribution in [-0.2, 0) is 27.7 Å². The Morgan fingerprint density at radius 3 is 2.41 bits per heavy atom. The lowest BCUT2D eigenvalue weighted by Gasteiger charge is -2.19. The summed E-state index contributed by atoms with van der Waals surface area (Å²) in [6.07, 6.45) is 2.52. The number of rotatable bonds is 9. The van der Waals surface area contributed by atoms with E-state index in [4.69, 9.17) is 4.74 Å². The van der Waals surface area contributed by atoms with Gasteiger partial charge in [0.1, 0.15) is 5.75 Å². The van der Waals surface area contributed by atoms with E-state index in [1.54, 1.807) is 7.11 Å². The Balaban J connectivity index is 1.99. The smallest absolute Gasteiger partial charge is 0.239 e. The summed E-state index contributed by atoms with van der Waals surface area (Å²) in [6.45, 7) is 2.05. The van der Waals surface area contributed by atoms with Gasteiger partial charge in [-0.25, -0.2) is 8.42 Å². The van der Waals surface area contributed by atoms with Gasteiger partial charge in [-0.1, -0.05) is 31.2 Å². The minimum Gasteiger partial charge on any atom is -0.497 e. The molecule has 2 rings (SSSR count). The summed E-state index contributed by atoms with van der Waals surface area (Å²) in [5.41, 5.74) is 2.76. The zero-order chi connectivity index (χ0) is 19.9. The van der Waals surface area contributed by atoms with Crippen molar-refractivity contribution in [3.8, 4) is 5.75 Å². The van der Waals surface area contributed by atoms with E-state index < -0.39 is 10.0 Å². The molecule has 0 aromatic heterocycles. The molecule has 7 heteroatoms. The molecule has 0 saturated carbocycles. The molecule has 2 aromatic carbocycles. The van der Waals surface area contributed by atoms with Crippen LogP contribution in [0.2, 0.25) is 0 Å². The molecule has 0 unspecified atom stereocenters. The van der Waals surface area contributed by atoms with Crippen molar-refractivity contribution in [3.05, 3.63) is 59.7 Å². The van der Waals surface area contributed by atoms with Gasteiger partial charge < -0.3 is 10.1 Å². The Bertz CT molecular complexity index is 864. The Kier molecular flexibility index (Phi) is 7.38. The van der Waals surface area contributed by atoms with Crippen LogP contribution in [0.1, 0.15) is 18.1 Å². The Morgan fingerprint density at radius 1 is 1.11 bits per heavy atom. The molecule has 0 radical (unpaired) electrons. The Hall–Kier alpha value is -2.38. The number of hydrogen-bond donors (Lipinski definition) is 1. The third kappa shape index (κ3) is 6.69. The van der Waals surface area contributed by atoms with Crippen molar-refractivity contribution in [1.29, 1.82) is 0 Å². The van der Waals surface area contributed by atoms with E-state index in [0.717, 1.165) is 18.2 Å². The van der Waals surface area contributed by atoms with Gasteiger partial charge in [0.05, 0.1) is 19.9 Å². The van der Waals surface area contributed by atoms with Crippen LogP contribution in [0.3, 0.4) is 0 Å². The van der Waals surface area contributed by atoms with Crippen molar-refractivity contribution in [2.45, 2.75) is 19.8 Å². The van der Waals surface area contributed by atoms with Crippen LogP contribution < -0.4 is 10.1 Å². The van der Waals surface area contributed by atoms with Gasteiger partial charge in [-0.15, -0.1) is 0 Å². The van der Waals surface area contributed by atoms with Crippen molar-refractivity contribution >= 4 is 21.6 Å². The lowest BCUT2D eigenvalue weighted by atomic mass is 10.1. The van der Waals surface area contributed by atoms with Gasteiger partial charge in [-0.2, -0.15) is 4.31 Å². The molecule has 0 aliphatic rings. The monoisotopic (exact) mass is 390 g/mol. The number of methoxy groups -OCH3 is 1. The van der Waals surface area contributed by atoms with E-state index in [9.17, 15) is 13.2 Å². The SMILES string of the molecule is CCc1ccc(NC(=O)CN(CCc2cccc(OC)c2)S(C)(=O)=O)cc1. The van der Waals surface area contributed by atoms with E-state index in [1.807, 2.05) is 48.5 Å². The molecule has 0 heterocycles. The number of anilines is 1. The van der Waals surface area contributed by atoms with E-state index in [1.165, 1.54) is 9.87 Å². The molecule has 0 atom stereocenters. The van der Waals surface area contributed by atoms with Crippen LogP contribution in [0.15, 0.2) is 48.5 Å². The normalized spacial score (nSPS) is 11.4. The topological polar surface area (TPSA) is 75.7 Å². The van der Waals surface area contributed by atoms with Gasteiger partial charge in [0, 0.05) is 12.2 Å². The predicted molar refractivity (Wildman–Crippen MR) is 108 cm³/mol. The summed E-state index contributed by atoms with van der Waals surface area (Å²) in [5.74, 6) is 0.349. The molecule has 27 heavy (non-hydrogen) atoms. The second kappa shape index (κ2) is 9.53. The number of aryl methyl sites for hydroxylation is 1. The number of carbonyl (C=O) groups excluding carboxylic acids is 1. The number of benzene rings is 2. The maximum Gasteiger partial charge on any atom is 0.239 e. The molecule has 6 nitrogen and oxygen atoms in total. The fourth-order valence-corrected chi connectivity index (χ4v) is 3.40. The summed E-state index contributed by atoms with van der Waals surface area (Å²) in [5, 5.41) is 2.75. The minimum absolute atomic E-state index is 0.216. The van der Waals surface area contributed by atoms with Crippen LogP contribution in [0.5, 0.6) is 5.75 Å². The summed E-state index contributed by atoms with van der Waals surface area (Å²) in [6, 6.07) is 14.9. The van der Waals surface area contributed by atoms with Gasteiger partial charge in [-0.3, -0.25) is 4.79 Å². The highest BCUT2D eigenvalue weighted by molar-refractivity contribution is 7.88. The standard InChI is InChI=1S/C20H26N2O4S/c1-4-16-8-10-18(11-9-16)21-20(23)15-22(27(3,24)25)13-12-17-6-5-7-19(14-17)26-2/h5-11,14H,4,12-13,15H2,1-3H3,(H,21,23). The highest BCUT2D eigenvalue weighted by Gasteiger charge is 2.20. The number of amides is 1. The summed E-state index contributed by atoms with van der Waals surface area (Å²) in [7, 11) is -1.92. The predicted octanol–water partition coefficient (Wildman–Crippen LogP) is 2.70. The largest absolute Gasteiger partial charge is 0.497 e. The molecule has 0 aliphatic carbocycles. The number of nitrogens with one attached hydrogen (secondary N) is 1. The summed E-state index contributed by atoms with van der Waals surface area (Å²) >= 11 is 0. The Labute approximate surface area is 161 Å². The summed E-state index contributed by atoms with van der Waals surface area (Å²) < 4.78 is 30.5. The molecule has 1 amide bonds. The van der Waals surface area contributed by atoms with Gasteiger partial charge in [-0.05, 0) is 48.2 Å². The van der Waals surface area contributed by atoms with Crippen molar-refractivity contribution in [3.63, 3.8) is 0 Å². The molecule has 0 aliphatic heterocycles. The van der Waals surface area contributed by atoms with Gasteiger partial charge in [0.15, 0.2) is 0 Å². The van der Waals surface area contributed by atoms with Crippen LogP contribution in [0.25, 0.3) is 0 Å².